The monoisotopic (exact) mass is 281 g/mol. The molecule has 0 atom stereocenters. The van der Waals surface area contributed by atoms with E-state index in [4.69, 9.17) is 10.5 Å². The Morgan fingerprint density at radius 2 is 2.00 bits per heavy atom. The molecule has 19 heavy (non-hydrogen) atoms. The number of rotatable bonds is 5. The van der Waals surface area contributed by atoms with Gasteiger partial charge in [0.25, 0.3) is 0 Å². The van der Waals surface area contributed by atoms with Gasteiger partial charge in [0.1, 0.15) is 12.4 Å². The quantitative estimate of drug-likeness (QED) is 0.860. The van der Waals surface area contributed by atoms with Crippen molar-refractivity contribution in [3.8, 4) is 5.75 Å². The van der Waals surface area contributed by atoms with E-state index in [2.05, 4.69) is 10.2 Å². The van der Waals surface area contributed by atoms with Crippen LogP contribution in [0.15, 0.2) is 24.3 Å². The molecule has 1 aromatic carbocycles. The fourth-order valence-electron chi connectivity index (χ4n) is 1.89. The molecule has 0 aromatic heterocycles. The highest BCUT2D eigenvalue weighted by Crippen LogP contribution is 2.15. The second-order valence-electron chi connectivity index (χ2n) is 4.32. The van der Waals surface area contributed by atoms with Crippen LogP contribution in [0.2, 0.25) is 0 Å². The molecule has 1 heterocycles. The van der Waals surface area contributed by atoms with Crippen LogP contribution in [0.4, 0.5) is 10.5 Å². The van der Waals surface area contributed by atoms with E-state index in [1.54, 1.807) is 12.1 Å². The summed E-state index contributed by atoms with van der Waals surface area (Å²) in [6, 6.07) is 6.65. The molecule has 1 aliphatic rings. The number of urea groups is 1. The van der Waals surface area contributed by atoms with Crippen molar-refractivity contribution >= 4 is 23.5 Å². The molecular weight excluding hydrogens is 262 g/mol. The molecule has 2 amide bonds. The molecule has 104 valence electrons. The summed E-state index contributed by atoms with van der Waals surface area (Å²) in [5.74, 6) is 3.24. The van der Waals surface area contributed by atoms with Crippen LogP contribution in [0, 0.1) is 0 Å². The second kappa shape index (κ2) is 7.25. The second-order valence-corrected chi connectivity index (χ2v) is 5.54. The third-order valence-corrected chi connectivity index (χ3v) is 3.84. The third-order valence-electron chi connectivity index (χ3n) is 2.90. The van der Waals surface area contributed by atoms with Gasteiger partial charge in [-0.25, -0.2) is 4.79 Å². The van der Waals surface area contributed by atoms with Gasteiger partial charge >= 0.3 is 6.03 Å². The van der Waals surface area contributed by atoms with Crippen LogP contribution >= 0.6 is 11.8 Å². The summed E-state index contributed by atoms with van der Waals surface area (Å²) in [7, 11) is 0. The van der Waals surface area contributed by atoms with Crippen LogP contribution in [0.25, 0.3) is 0 Å². The predicted molar refractivity (Wildman–Crippen MR) is 78.9 cm³/mol. The average molecular weight is 281 g/mol. The molecule has 1 fully saturated rings. The Kier molecular flexibility index (Phi) is 5.35. The minimum absolute atomic E-state index is 0.559. The highest BCUT2D eigenvalue weighted by Gasteiger charge is 2.09. The van der Waals surface area contributed by atoms with Gasteiger partial charge in [-0.3, -0.25) is 4.90 Å². The van der Waals surface area contributed by atoms with Gasteiger partial charge in [0, 0.05) is 36.8 Å². The molecule has 5 nitrogen and oxygen atoms in total. The van der Waals surface area contributed by atoms with Crippen molar-refractivity contribution in [2.24, 2.45) is 5.73 Å². The number of primary amides is 1. The third kappa shape index (κ3) is 5.00. The van der Waals surface area contributed by atoms with Crippen molar-refractivity contribution in [1.82, 2.24) is 4.90 Å². The predicted octanol–water partition coefficient (Wildman–Crippen LogP) is 1.60. The fraction of sp³-hybridized carbons (Fsp3) is 0.462. The van der Waals surface area contributed by atoms with Crippen LogP contribution in [-0.4, -0.2) is 48.7 Å². The van der Waals surface area contributed by atoms with Crippen molar-refractivity contribution in [2.45, 2.75) is 0 Å². The Balaban J connectivity index is 1.71. The molecule has 1 aromatic rings. The number of nitrogens with two attached hydrogens (primary N) is 1. The van der Waals surface area contributed by atoms with Crippen molar-refractivity contribution < 1.29 is 9.53 Å². The Labute approximate surface area is 117 Å². The number of thioether (sulfide) groups is 1. The number of nitrogens with one attached hydrogen (secondary N) is 1. The van der Waals surface area contributed by atoms with E-state index >= 15 is 0 Å². The molecule has 0 bridgehead atoms. The molecule has 0 unspecified atom stereocenters. The standard InChI is InChI=1S/C13H19N3O2S/c14-13(17)15-11-1-3-12(4-2-11)18-8-5-16-6-9-19-10-7-16/h1-4H,5-10H2,(H3,14,15,17). The molecule has 0 radical (unpaired) electrons. The maximum absolute atomic E-state index is 10.7. The summed E-state index contributed by atoms with van der Waals surface area (Å²) in [5.41, 5.74) is 5.71. The summed E-state index contributed by atoms with van der Waals surface area (Å²) in [4.78, 5) is 13.1. The number of amides is 2. The molecule has 0 aliphatic carbocycles. The molecular formula is C13H19N3O2S. The van der Waals surface area contributed by atoms with Gasteiger partial charge < -0.3 is 15.8 Å². The van der Waals surface area contributed by atoms with Crippen LogP contribution in [0.5, 0.6) is 5.75 Å². The maximum atomic E-state index is 10.7. The summed E-state index contributed by atoms with van der Waals surface area (Å²) in [6.45, 7) is 3.94. The SMILES string of the molecule is NC(=O)Nc1ccc(OCCN2CCSCC2)cc1. The van der Waals surface area contributed by atoms with E-state index in [0.29, 0.717) is 12.3 Å². The van der Waals surface area contributed by atoms with Gasteiger partial charge in [-0.2, -0.15) is 11.8 Å². The Morgan fingerprint density at radius 1 is 1.32 bits per heavy atom. The van der Waals surface area contributed by atoms with E-state index in [9.17, 15) is 4.79 Å². The highest BCUT2D eigenvalue weighted by molar-refractivity contribution is 7.99. The number of carbonyl (C=O) groups is 1. The van der Waals surface area contributed by atoms with Gasteiger partial charge in [-0.05, 0) is 24.3 Å². The lowest BCUT2D eigenvalue weighted by molar-refractivity contribution is 0.222. The fourth-order valence-corrected chi connectivity index (χ4v) is 2.87. The lowest BCUT2D eigenvalue weighted by Gasteiger charge is -2.25. The van der Waals surface area contributed by atoms with Crippen LogP contribution in [-0.2, 0) is 0 Å². The van der Waals surface area contributed by atoms with Crippen molar-refractivity contribution in [3.05, 3.63) is 24.3 Å². The first-order chi connectivity index (χ1) is 9.24. The molecule has 0 saturated carbocycles. The number of carbonyl (C=O) groups excluding carboxylic acids is 1. The zero-order valence-corrected chi connectivity index (χ0v) is 11.6. The minimum Gasteiger partial charge on any atom is -0.492 e. The molecule has 0 spiro atoms. The summed E-state index contributed by atoms with van der Waals surface area (Å²) in [6.07, 6.45) is 0. The lowest BCUT2D eigenvalue weighted by Crippen LogP contribution is -2.35. The first kappa shape index (κ1) is 14.0. The smallest absolute Gasteiger partial charge is 0.316 e. The van der Waals surface area contributed by atoms with Gasteiger partial charge in [-0.15, -0.1) is 0 Å². The summed E-state index contributed by atoms with van der Waals surface area (Å²) in [5, 5.41) is 2.51. The topological polar surface area (TPSA) is 67.6 Å². The minimum atomic E-state index is -0.559. The van der Waals surface area contributed by atoms with Crippen molar-refractivity contribution in [2.75, 3.05) is 43.1 Å². The molecule has 1 aliphatic heterocycles. The Bertz CT molecular complexity index is 405. The van der Waals surface area contributed by atoms with E-state index in [0.717, 1.165) is 25.4 Å². The Morgan fingerprint density at radius 3 is 2.63 bits per heavy atom. The van der Waals surface area contributed by atoms with E-state index in [1.165, 1.54) is 11.5 Å². The Hall–Kier alpha value is -1.40. The largest absolute Gasteiger partial charge is 0.492 e. The highest BCUT2D eigenvalue weighted by atomic mass is 32.2. The number of anilines is 1. The number of benzene rings is 1. The van der Waals surface area contributed by atoms with Crippen LogP contribution in [0.1, 0.15) is 0 Å². The summed E-state index contributed by atoms with van der Waals surface area (Å²) >= 11 is 2.01. The molecule has 1 saturated heterocycles. The number of hydrogen-bond donors (Lipinski definition) is 2. The van der Waals surface area contributed by atoms with E-state index in [-0.39, 0.29) is 0 Å². The number of hydrogen-bond acceptors (Lipinski definition) is 4. The zero-order chi connectivity index (χ0) is 13.5. The maximum Gasteiger partial charge on any atom is 0.316 e. The lowest BCUT2D eigenvalue weighted by atomic mass is 10.3. The number of ether oxygens (including phenoxy) is 1. The van der Waals surface area contributed by atoms with Gasteiger partial charge in [0.15, 0.2) is 0 Å². The van der Waals surface area contributed by atoms with Crippen LogP contribution in [0.3, 0.4) is 0 Å². The molecule has 2 rings (SSSR count). The first-order valence-corrected chi connectivity index (χ1v) is 7.49. The average Bonchev–Trinajstić information content (AvgIpc) is 2.41. The normalized spacial score (nSPS) is 16.0. The van der Waals surface area contributed by atoms with Gasteiger partial charge in [-0.1, -0.05) is 0 Å². The molecule has 6 heteroatoms. The van der Waals surface area contributed by atoms with Crippen molar-refractivity contribution in [1.29, 1.82) is 0 Å². The van der Waals surface area contributed by atoms with Gasteiger partial charge in [0.05, 0.1) is 0 Å². The number of nitrogens with zero attached hydrogens (tertiary/aromatic N) is 1. The van der Waals surface area contributed by atoms with E-state index in [1.807, 2.05) is 23.9 Å². The van der Waals surface area contributed by atoms with Crippen molar-refractivity contribution in [3.63, 3.8) is 0 Å². The van der Waals surface area contributed by atoms with Gasteiger partial charge in [0.2, 0.25) is 0 Å². The van der Waals surface area contributed by atoms with E-state index < -0.39 is 6.03 Å². The summed E-state index contributed by atoms with van der Waals surface area (Å²) < 4.78 is 5.68. The van der Waals surface area contributed by atoms with Crippen LogP contribution < -0.4 is 15.8 Å². The zero-order valence-electron chi connectivity index (χ0n) is 10.8. The first-order valence-electron chi connectivity index (χ1n) is 6.33. The molecule has 3 N–H and O–H groups in total.